The predicted molar refractivity (Wildman–Crippen MR) is 147 cm³/mol. The molecule has 0 bridgehead atoms. The molecule has 8 nitrogen and oxygen atoms in total. The maximum Gasteiger partial charge on any atom is 0.573 e. The molecule has 214 valence electrons. The number of amides is 3. The van der Waals surface area contributed by atoms with E-state index in [2.05, 4.69) is 10.1 Å². The Hall–Kier alpha value is -2.96. The van der Waals surface area contributed by atoms with Crippen molar-refractivity contribution in [3.63, 3.8) is 0 Å². The summed E-state index contributed by atoms with van der Waals surface area (Å²) in [4.78, 5) is 40.9. The number of anilines is 2. The Balaban J connectivity index is 0.00000533. The van der Waals surface area contributed by atoms with Gasteiger partial charge in [-0.2, -0.15) is 0 Å². The second kappa shape index (κ2) is 13.4. The van der Waals surface area contributed by atoms with Gasteiger partial charge in [0.15, 0.2) is 0 Å². The highest BCUT2D eigenvalue weighted by Gasteiger charge is 2.32. The van der Waals surface area contributed by atoms with Crippen molar-refractivity contribution in [1.29, 1.82) is 0 Å². The van der Waals surface area contributed by atoms with E-state index in [0.717, 1.165) is 4.90 Å². The molecule has 1 aliphatic rings. The second-order valence-electron chi connectivity index (χ2n) is 9.84. The van der Waals surface area contributed by atoms with Crippen LogP contribution in [0.3, 0.4) is 0 Å². The van der Waals surface area contributed by atoms with Crippen LogP contribution in [0.2, 0.25) is 0 Å². The fourth-order valence-electron chi connectivity index (χ4n) is 3.69. The lowest BCUT2D eigenvalue weighted by Gasteiger charge is -2.26. The molecule has 0 saturated carbocycles. The van der Waals surface area contributed by atoms with Gasteiger partial charge in [-0.3, -0.25) is 14.4 Å². The van der Waals surface area contributed by atoms with Crippen LogP contribution < -0.4 is 25.6 Å². The third kappa shape index (κ3) is 9.04. The molecule has 1 atom stereocenters. The van der Waals surface area contributed by atoms with Crippen molar-refractivity contribution in [1.82, 2.24) is 5.32 Å². The highest BCUT2D eigenvalue weighted by molar-refractivity contribution is 7.99. The van der Waals surface area contributed by atoms with Crippen LogP contribution in [0.5, 0.6) is 5.75 Å². The van der Waals surface area contributed by atoms with Crippen molar-refractivity contribution in [3.05, 3.63) is 48.0 Å². The third-order valence-electron chi connectivity index (χ3n) is 5.73. The number of carbonyl (C=O) groups excluding carboxylic acids is 3. The average molecular weight is 589 g/mol. The van der Waals surface area contributed by atoms with Crippen LogP contribution >= 0.6 is 24.2 Å². The van der Waals surface area contributed by atoms with Gasteiger partial charge in [0.1, 0.15) is 5.75 Å². The predicted octanol–water partition coefficient (Wildman–Crippen LogP) is 4.49. The quantitative estimate of drug-likeness (QED) is 0.330. The molecule has 0 saturated heterocycles. The summed E-state index contributed by atoms with van der Waals surface area (Å²) >= 11 is 1.41. The molecule has 2 aromatic rings. The number of nitrogens with one attached hydrogen (secondary N) is 1. The zero-order chi connectivity index (χ0) is 28.1. The van der Waals surface area contributed by atoms with Crippen LogP contribution in [-0.4, -0.2) is 49.5 Å². The van der Waals surface area contributed by atoms with Crippen molar-refractivity contribution in [3.8, 4) is 5.75 Å². The minimum absolute atomic E-state index is 0. The average Bonchev–Trinajstić information content (AvgIpc) is 2.95. The fourth-order valence-corrected chi connectivity index (χ4v) is 4.67. The number of thioether (sulfide) groups is 1. The standard InChI is InChI=1S/C26H31F3N4O4S.ClH/c1-25(2,3)24(36)31-11-4-12-32(16-34)18-7-10-22-21(13-18)33(23(35)20(30)15-38-22)14-17-5-8-19(9-6-17)37-26(27,28)29;/h5-10,13,16,20H,4,11-12,14-15,30H2,1-3H3,(H,31,36);1H/t20-;/m0./s1. The van der Waals surface area contributed by atoms with Crippen LogP contribution in [0, 0.1) is 5.41 Å². The summed E-state index contributed by atoms with van der Waals surface area (Å²) in [6.07, 6.45) is -3.59. The van der Waals surface area contributed by atoms with Crippen molar-refractivity contribution in [2.75, 3.05) is 28.6 Å². The van der Waals surface area contributed by atoms with Crippen LogP contribution in [0.4, 0.5) is 24.5 Å². The van der Waals surface area contributed by atoms with Crippen LogP contribution in [0.1, 0.15) is 32.8 Å². The lowest BCUT2D eigenvalue weighted by molar-refractivity contribution is -0.274. The van der Waals surface area contributed by atoms with E-state index < -0.39 is 17.8 Å². The largest absolute Gasteiger partial charge is 0.573 e. The lowest BCUT2D eigenvalue weighted by atomic mass is 9.96. The second-order valence-corrected chi connectivity index (χ2v) is 10.9. The van der Waals surface area contributed by atoms with E-state index >= 15 is 0 Å². The number of carbonyl (C=O) groups is 3. The third-order valence-corrected chi connectivity index (χ3v) is 6.92. The van der Waals surface area contributed by atoms with Gasteiger partial charge in [-0.1, -0.05) is 32.9 Å². The molecule has 0 unspecified atom stereocenters. The van der Waals surface area contributed by atoms with E-state index in [4.69, 9.17) is 5.73 Å². The van der Waals surface area contributed by atoms with E-state index in [1.165, 1.54) is 45.8 Å². The minimum atomic E-state index is -4.80. The van der Waals surface area contributed by atoms with E-state index in [1.807, 2.05) is 26.8 Å². The van der Waals surface area contributed by atoms with Crippen molar-refractivity contribution >= 4 is 53.8 Å². The number of ether oxygens (including phenoxy) is 1. The van der Waals surface area contributed by atoms with Gasteiger partial charge < -0.3 is 25.6 Å². The maximum absolute atomic E-state index is 13.2. The summed E-state index contributed by atoms with van der Waals surface area (Å²) in [7, 11) is 0. The summed E-state index contributed by atoms with van der Waals surface area (Å²) in [5.41, 5.74) is 7.27. The summed E-state index contributed by atoms with van der Waals surface area (Å²) in [6.45, 7) is 6.25. The number of rotatable bonds is 9. The van der Waals surface area contributed by atoms with Crippen LogP contribution in [0.15, 0.2) is 47.4 Å². The molecular formula is C26H32ClF3N4O4S. The molecule has 0 aliphatic carbocycles. The molecule has 3 rings (SSSR count). The summed E-state index contributed by atoms with van der Waals surface area (Å²) in [6, 6.07) is 9.80. The van der Waals surface area contributed by atoms with E-state index in [0.29, 0.717) is 48.6 Å². The number of hydrogen-bond donors (Lipinski definition) is 2. The number of nitrogens with two attached hydrogens (primary N) is 1. The molecule has 3 amide bonds. The normalized spacial score (nSPS) is 15.5. The number of alkyl halides is 3. The molecule has 0 radical (unpaired) electrons. The molecule has 13 heteroatoms. The number of nitrogens with zero attached hydrogens (tertiary/aromatic N) is 2. The number of benzene rings is 2. The zero-order valence-corrected chi connectivity index (χ0v) is 23.4. The molecule has 1 aliphatic heterocycles. The summed E-state index contributed by atoms with van der Waals surface area (Å²) in [5, 5.41) is 2.85. The van der Waals surface area contributed by atoms with Gasteiger partial charge in [0, 0.05) is 34.8 Å². The Kier molecular flexibility index (Phi) is 11.1. The van der Waals surface area contributed by atoms with Crippen LogP contribution in [-0.2, 0) is 20.9 Å². The Morgan fingerprint density at radius 2 is 1.87 bits per heavy atom. The van der Waals surface area contributed by atoms with Gasteiger partial charge in [-0.05, 0) is 42.3 Å². The lowest BCUT2D eigenvalue weighted by Crippen LogP contribution is -2.44. The summed E-state index contributed by atoms with van der Waals surface area (Å²) in [5.74, 6) is -0.434. The summed E-state index contributed by atoms with van der Waals surface area (Å²) < 4.78 is 41.4. The monoisotopic (exact) mass is 588 g/mol. The van der Waals surface area contributed by atoms with Crippen molar-refractivity contribution < 1.29 is 32.3 Å². The molecule has 0 aromatic heterocycles. The minimum Gasteiger partial charge on any atom is -0.406 e. The highest BCUT2D eigenvalue weighted by atomic mass is 35.5. The Bertz CT molecular complexity index is 1160. The first-order valence-corrected chi connectivity index (χ1v) is 13.0. The molecule has 3 N–H and O–H groups in total. The van der Waals surface area contributed by atoms with E-state index in [-0.39, 0.29) is 36.5 Å². The van der Waals surface area contributed by atoms with Gasteiger partial charge >= 0.3 is 6.36 Å². The number of halogens is 4. The number of fused-ring (bicyclic) bond motifs is 1. The smallest absolute Gasteiger partial charge is 0.406 e. The molecule has 1 heterocycles. The highest BCUT2D eigenvalue weighted by Crippen LogP contribution is 2.38. The Labute approximate surface area is 235 Å². The van der Waals surface area contributed by atoms with Gasteiger partial charge in [-0.25, -0.2) is 0 Å². The topological polar surface area (TPSA) is 105 Å². The number of hydrogen-bond acceptors (Lipinski definition) is 6. The molecular weight excluding hydrogens is 557 g/mol. The van der Waals surface area contributed by atoms with Gasteiger partial charge in [0.2, 0.25) is 18.2 Å². The molecule has 2 aromatic carbocycles. The molecule has 0 fully saturated rings. The first kappa shape index (κ1) is 32.3. The first-order valence-electron chi connectivity index (χ1n) is 12.0. The fraction of sp³-hybridized carbons (Fsp3) is 0.423. The van der Waals surface area contributed by atoms with E-state index in [9.17, 15) is 27.6 Å². The maximum atomic E-state index is 13.2. The SMILES string of the molecule is CC(C)(C)C(=O)NCCCN(C=O)c1ccc2c(c1)N(Cc1ccc(OC(F)(F)F)cc1)C(=O)[C@@H](N)CS2.Cl. The zero-order valence-electron chi connectivity index (χ0n) is 21.8. The van der Waals surface area contributed by atoms with Gasteiger partial charge in [-0.15, -0.1) is 37.3 Å². The van der Waals surface area contributed by atoms with Gasteiger partial charge in [0.25, 0.3) is 0 Å². The Morgan fingerprint density at radius 3 is 2.46 bits per heavy atom. The Morgan fingerprint density at radius 1 is 1.21 bits per heavy atom. The molecule has 39 heavy (non-hydrogen) atoms. The first-order chi connectivity index (χ1) is 17.8. The van der Waals surface area contributed by atoms with Crippen molar-refractivity contribution in [2.24, 2.45) is 11.1 Å². The van der Waals surface area contributed by atoms with Crippen LogP contribution in [0.25, 0.3) is 0 Å². The molecule has 0 spiro atoms. The van der Waals surface area contributed by atoms with Crippen molar-refractivity contribution in [2.45, 2.75) is 51.0 Å². The van der Waals surface area contributed by atoms with Gasteiger partial charge in [0.05, 0.1) is 18.3 Å². The van der Waals surface area contributed by atoms with E-state index in [1.54, 1.807) is 12.1 Å².